The molecular weight excluding hydrogens is 338 g/mol. The smallest absolute Gasteiger partial charge is 0.223 e. The Bertz CT molecular complexity index is 956. The molecule has 0 bridgehead atoms. The molecule has 0 aliphatic carbocycles. The van der Waals surface area contributed by atoms with E-state index in [0.717, 1.165) is 35.7 Å². The average Bonchev–Trinajstić information content (AvgIpc) is 3.24. The van der Waals surface area contributed by atoms with Crippen LogP contribution in [0, 0.1) is 13.8 Å². The van der Waals surface area contributed by atoms with E-state index in [0.29, 0.717) is 13.0 Å². The van der Waals surface area contributed by atoms with Gasteiger partial charge in [-0.05, 0) is 50.1 Å². The Morgan fingerprint density at radius 1 is 1.19 bits per heavy atom. The molecule has 4 heterocycles. The van der Waals surface area contributed by atoms with Crippen molar-refractivity contribution < 1.29 is 4.79 Å². The Balaban J connectivity index is 1.59. The van der Waals surface area contributed by atoms with Gasteiger partial charge < -0.3 is 9.47 Å². The Kier molecular flexibility index (Phi) is 4.56. The first kappa shape index (κ1) is 17.5. The molecule has 1 aliphatic heterocycles. The summed E-state index contributed by atoms with van der Waals surface area (Å²) in [4.78, 5) is 19.7. The molecule has 0 N–H and O–H groups in total. The zero-order valence-corrected chi connectivity index (χ0v) is 16.1. The number of hydrogen-bond donors (Lipinski definition) is 0. The second-order valence-corrected chi connectivity index (χ2v) is 7.14. The minimum absolute atomic E-state index is 0.126. The second-order valence-electron chi connectivity index (χ2n) is 7.14. The van der Waals surface area contributed by atoms with Gasteiger partial charge in [0.2, 0.25) is 5.91 Å². The topological polar surface area (TPSA) is 56.0 Å². The van der Waals surface area contributed by atoms with Gasteiger partial charge in [-0.2, -0.15) is 5.10 Å². The van der Waals surface area contributed by atoms with Crippen molar-refractivity contribution >= 4 is 5.91 Å². The maximum atomic E-state index is 13.2. The summed E-state index contributed by atoms with van der Waals surface area (Å²) >= 11 is 0. The Hall–Kier alpha value is -2.89. The summed E-state index contributed by atoms with van der Waals surface area (Å²) in [6.45, 7) is 5.59. The minimum Gasteiger partial charge on any atom is -0.347 e. The van der Waals surface area contributed by atoms with Gasteiger partial charge in [0.15, 0.2) is 0 Å². The van der Waals surface area contributed by atoms with Crippen LogP contribution in [-0.4, -0.2) is 36.7 Å². The molecule has 140 valence electrons. The van der Waals surface area contributed by atoms with Gasteiger partial charge in [-0.1, -0.05) is 6.07 Å². The Morgan fingerprint density at radius 2 is 2.04 bits per heavy atom. The van der Waals surface area contributed by atoms with E-state index in [4.69, 9.17) is 0 Å². The Labute approximate surface area is 159 Å². The fraction of sp³-hybridized carbons (Fsp3) is 0.381. The molecular formula is C21H25N5O. The van der Waals surface area contributed by atoms with Crippen LogP contribution in [0.4, 0.5) is 0 Å². The summed E-state index contributed by atoms with van der Waals surface area (Å²) in [7, 11) is 1.95. The van der Waals surface area contributed by atoms with Crippen molar-refractivity contribution in [3.63, 3.8) is 0 Å². The largest absolute Gasteiger partial charge is 0.347 e. The molecule has 0 spiro atoms. The summed E-state index contributed by atoms with van der Waals surface area (Å²) in [5.41, 5.74) is 5.37. The van der Waals surface area contributed by atoms with Gasteiger partial charge in [0.05, 0.1) is 11.4 Å². The van der Waals surface area contributed by atoms with Gasteiger partial charge in [0.25, 0.3) is 0 Å². The molecule has 27 heavy (non-hydrogen) atoms. The highest BCUT2D eigenvalue weighted by Crippen LogP contribution is 2.32. The molecule has 0 fully saturated rings. The fourth-order valence-electron chi connectivity index (χ4n) is 4.06. The van der Waals surface area contributed by atoms with E-state index in [1.54, 1.807) is 6.20 Å². The first-order valence-corrected chi connectivity index (χ1v) is 9.40. The standard InChI is InChI=1S/C21H25N5O/c1-15-17(16(2)24(3)23-15)9-10-20(27)26-14-13-25-12-6-8-19(25)21(26)18-7-4-5-11-22-18/h4-8,11-12,21H,9-10,13-14H2,1-3H3/t21-/m1/s1. The minimum atomic E-state index is -0.126. The molecule has 6 heteroatoms. The van der Waals surface area contributed by atoms with Gasteiger partial charge >= 0.3 is 0 Å². The fourth-order valence-corrected chi connectivity index (χ4v) is 4.06. The summed E-state index contributed by atoms with van der Waals surface area (Å²) in [6, 6.07) is 9.90. The molecule has 6 nitrogen and oxygen atoms in total. The molecule has 1 amide bonds. The van der Waals surface area contributed by atoms with E-state index in [2.05, 4.69) is 33.8 Å². The molecule has 1 atom stereocenters. The van der Waals surface area contributed by atoms with E-state index < -0.39 is 0 Å². The van der Waals surface area contributed by atoms with Crippen molar-refractivity contribution in [1.82, 2.24) is 24.2 Å². The highest BCUT2D eigenvalue weighted by Gasteiger charge is 2.32. The first-order chi connectivity index (χ1) is 13.1. The maximum absolute atomic E-state index is 13.2. The van der Waals surface area contributed by atoms with Crippen LogP contribution in [0.15, 0.2) is 42.7 Å². The predicted molar refractivity (Wildman–Crippen MR) is 103 cm³/mol. The average molecular weight is 363 g/mol. The summed E-state index contributed by atoms with van der Waals surface area (Å²) in [5.74, 6) is 0.167. The molecule has 3 aromatic heterocycles. The van der Waals surface area contributed by atoms with Crippen LogP contribution in [0.3, 0.4) is 0 Å². The number of aromatic nitrogens is 4. The normalized spacial score (nSPS) is 16.4. The number of carbonyl (C=O) groups is 1. The summed E-state index contributed by atoms with van der Waals surface area (Å²) in [5, 5.41) is 4.46. The number of amides is 1. The number of rotatable bonds is 4. The van der Waals surface area contributed by atoms with Crippen LogP contribution in [0.1, 0.15) is 40.8 Å². The lowest BCUT2D eigenvalue weighted by molar-refractivity contribution is -0.134. The van der Waals surface area contributed by atoms with Crippen LogP contribution >= 0.6 is 0 Å². The van der Waals surface area contributed by atoms with Gasteiger partial charge in [0, 0.05) is 50.3 Å². The van der Waals surface area contributed by atoms with E-state index in [9.17, 15) is 4.79 Å². The third-order valence-electron chi connectivity index (χ3n) is 5.57. The molecule has 3 aromatic rings. The van der Waals surface area contributed by atoms with Crippen LogP contribution in [0.25, 0.3) is 0 Å². The summed E-state index contributed by atoms with van der Waals surface area (Å²) in [6.07, 6.45) is 5.08. The zero-order valence-electron chi connectivity index (χ0n) is 16.1. The molecule has 4 rings (SSSR count). The predicted octanol–water partition coefficient (Wildman–Crippen LogP) is 2.80. The maximum Gasteiger partial charge on any atom is 0.223 e. The van der Waals surface area contributed by atoms with Crippen molar-refractivity contribution in [3.05, 3.63) is 71.1 Å². The number of fused-ring (bicyclic) bond motifs is 1. The molecule has 0 aromatic carbocycles. The van der Waals surface area contributed by atoms with Crippen molar-refractivity contribution in [1.29, 1.82) is 0 Å². The Morgan fingerprint density at radius 3 is 2.74 bits per heavy atom. The molecule has 0 unspecified atom stereocenters. The molecule has 0 saturated carbocycles. The highest BCUT2D eigenvalue weighted by atomic mass is 16.2. The van der Waals surface area contributed by atoms with E-state index in [1.807, 2.05) is 47.8 Å². The van der Waals surface area contributed by atoms with Crippen molar-refractivity contribution in [2.24, 2.45) is 7.05 Å². The van der Waals surface area contributed by atoms with Crippen LogP contribution in [0.5, 0.6) is 0 Å². The zero-order chi connectivity index (χ0) is 19.0. The van der Waals surface area contributed by atoms with E-state index in [1.165, 1.54) is 5.56 Å². The first-order valence-electron chi connectivity index (χ1n) is 9.40. The highest BCUT2D eigenvalue weighted by molar-refractivity contribution is 5.77. The molecule has 0 saturated heterocycles. The summed E-state index contributed by atoms with van der Waals surface area (Å²) < 4.78 is 4.11. The number of carbonyl (C=O) groups excluding carboxylic acids is 1. The lowest BCUT2D eigenvalue weighted by Crippen LogP contribution is -2.42. The van der Waals surface area contributed by atoms with Gasteiger partial charge in [-0.3, -0.25) is 14.5 Å². The van der Waals surface area contributed by atoms with Gasteiger partial charge in [-0.15, -0.1) is 0 Å². The van der Waals surface area contributed by atoms with E-state index in [-0.39, 0.29) is 11.9 Å². The number of pyridine rings is 1. The van der Waals surface area contributed by atoms with E-state index >= 15 is 0 Å². The lowest BCUT2D eigenvalue weighted by Gasteiger charge is -2.36. The molecule has 0 radical (unpaired) electrons. The SMILES string of the molecule is Cc1nn(C)c(C)c1CCC(=O)N1CCn2cccc2[C@H]1c1ccccn1. The van der Waals surface area contributed by atoms with Crippen molar-refractivity contribution in [3.8, 4) is 0 Å². The van der Waals surface area contributed by atoms with Crippen molar-refractivity contribution in [2.75, 3.05) is 6.54 Å². The van der Waals surface area contributed by atoms with Gasteiger partial charge in [0.1, 0.15) is 6.04 Å². The number of aryl methyl sites for hydroxylation is 2. The second kappa shape index (κ2) is 7.02. The van der Waals surface area contributed by atoms with Crippen LogP contribution in [-0.2, 0) is 24.8 Å². The number of hydrogen-bond acceptors (Lipinski definition) is 3. The third kappa shape index (κ3) is 3.16. The third-order valence-corrected chi connectivity index (χ3v) is 5.57. The van der Waals surface area contributed by atoms with Gasteiger partial charge in [-0.25, -0.2) is 0 Å². The lowest BCUT2D eigenvalue weighted by atomic mass is 10.0. The molecule has 1 aliphatic rings. The van der Waals surface area contributed by atoms with Crippen LogP contribution < -0.4 is 0 Å². The quantitative estimate of drug-likeness (QED) is 0.716. The number of nitrogens with zero attached hydrogens (tertiary/aromatic N) is 5. The van der Waals surface area contributed by atoms with Crippen molar-refractivity contribution in [2.45, 2.75) is 39.3 Å². The van der Waals surface area contributed by atoms with Crippen LogP contribution in [0.2, 0.25) is 0 Å². The monoisotopic (exact) mass is 363 g/mol.